The van der Waals surface area contributed by atoms with Crippen LogP contribution in [0.2, 0.25) is 0 Å². The summed E-state index contributed by atoms with van der Waals surface area (Å²) in [5, 5.41) is 8.95. The Hall–Kier alpha value is -1.40. The van der Waals surface area contributed by atoms with E-state index in [0.717, 1.165) is 11.8 Å². The van der Waals surface area contributed by atoms with E-state index >= 15 is 0 Å². The summed E-state index contributed by atoms with van der Waals surface area (Å²) in [5.41, 5.74) is 1.04. The zero-order valence-corrected chi connectivity index (χ0v) is 10.7. The summed E-state index contributed by atoms with van der Waals surface area (Å²) in [5.74, 6) is 0. The van der Waals surface area contributed by atoms with Gasteiger partial charge in [-0.15, -0.1) is 11.3 Å². The smallest absolute Gasteiger partial charge is 0.388 e. The highest BCUT2D eigenvalue weighted by Gasteiger charge is 2.35. The Morgan fingerprint density at radius 3 is 2.47 bits per heavy atom. The second-order valence-electron chi connectivity index (χ2n) is 4.11. The van der Waals surface area contributed by atoms with Crippen molar-refractivity contribution in [2.75, 3.05) is 0 Å². The third kappa shape index (κ3) is 3.78. The molecule has 0 aliphatic rings. The fourth-order valence-corrected chi connectivity index (χ4v) is 2.47. The van der Waals surface area contributed by atoms with Crippen LogP contribution in [0.4, 0.5) is 13.2 Å². The van der Waals surface area contributed by atoms with Gasteiger partial charge in [-0.2, -0.15) is 13.2 Å². The van der Waals surface area contributed by atoms with Crippen LogP contribution in [-0.2, 0) is 12.6 Å². The van der Waals surface area contributed by atoms with Gasteiger partial charge >= 0.3 is 6.18 Å². The van der Waals surface area contributed by atoms with Crippen molar-refractivity contribution in [1.29, 1.82) is 0 Å². The van der Waals surface area contributed by atoms with Gasteiger partial charge in [0.05, 0.1) is 11.0 Å². The quantitative estimate of drug-likeness (QED) is 0.927. The molecular formula is C13H12F3NOS. The number of rotatable bonds is 4. The Morgan fingerprint density at radius 1 is 1.21 bits per heavy atom. The SMILES string of the molecule is OC(CCc1ccccc1)c1cnc(C(F)(F)F)s1. The number of alkyl halides is 3. The average Bonchev–Trinajstić information content (AvgIpc) is 2.87. The van der Waals surface area contributed by atoms with Crippen molar-refractivity contribution < 1.29 is 18.3 Å². The summed E-state index contributed by atoms with van der Waals surface area (Å²) in [6.07, 6.45) is -3.26. The molecule has 0 fully saturated rings. The number of aromatic nitrogens is 1. The monoisotopic (exact) mass is 287 g/mol. The Bertz CT molecular complexity index is 524. The van der Waals surface area contributed by atoms with Crippen LogP contribution in [0, 0.1) is 0 Å². The minimum Gasteiger partial charge on any atom is -0.388 e. The van der Waals surface area contributed by atoms with E-state index < -0.39 is 17.3 Å². The number of hydrogen-bond donors (Lipinski definition) is 1. The van der Waals surface area contributed by atoms with Gasteiger partial charge in [0.1, 0.15) is 0 Å². The first-order valence-electron chi connectivity index (χ1n) is 5.72. The summed E-state index contributed by atoms with van der Waals surface area (Å²) >= 11 is 0.497. The molecule has 6 heteroatoms. The zero-order chi connectivity index (χ0) is 13.9. The van der Waals surface area contributed by atoms with E-state index in [1.54, 1.807) is 0 Å². The topological polar surface area (TPSA) is 33.1 Å². The van der Waals surface area contributed by atoms with Gasteiger partial charge in [-0.3, -0.25) is 0 Å². The van der Waals surface area contributed by atoms with Crippen LogP contribution in [0.5, 0.6) is 0 Å². The Morgan fingerprint density at radius 2 is 1.89 bits per heavy atom. The third-order valence-corrected chi connectivity index (χ3v) is 3.79. The zero-order valence-electron chi connectivity index (χ0n) is 9.89. The second kappa shape index (κ2) is 5.71. The molecule has 19 heavy (non-hydrogen) atoms. The first-order chi connectivity index (χ1) is 8.97. The fourth-order valence-electron chi connectivity index (χ4n) is 1.66. The van der Waals surface area contributed by atoms with Gasteiger partial charge < -0.3 is 5.11 Å². The van der Waals surface area contributed by atoms with Crippen LogP contribution < -0.4 is 0 Å². The molecule has 0 aliphatic carbocycles. The van der Waals surface area contributed by atoms with Crippen molar-refractivity contribution in [2.45, 2.75) is 25.1 Å². The lowest BCUT2D eigenvalue weighted by atomic mass is 10.1. The van der Waals surface area contributed by atoms with Crippen molar-refractivity contribution >= 4 is 11.3 Å². The van der Waals surface area contributed by atoms with E-state index in [1.807, 2.05) is 30.3 Å². The first kappa shape index (κ1) is 14.0. The lowest BCUT2D eigenvalue weighted by Gasteiger charge is -2.07. The van der Waals surface area contributed by atoms with Crippen LogP contribution in [0.1, 0.15) is 28.0 Å². The molecule has 0 radical (unpaired) electrons. The van der Waals surface area contributed by atoms with E-state index in [2.05, 4.69) is 4.98 Å². The number of benzene rings is 1. The van der Waals surface area contributed by atoms with Gasteiger partial charge in [0.25, 0.3) is 0 Å². The highest BCUT2D eigenvalue weighted by atomic mass is 32.1. The third-order valence-electron chi connectivity index (χ3n) is 2.64. The van der Waals surface area contributed by atoms with Crippen LogP contribution in [0.3, 0.4) is 0 Å². The molecule has 1 N–H and O–H groups in total. The highest BCUT2D eigenvalue weighted by molar-refractivity contribution is 7.11. The van der Waals surface area contributed by atoms with Crippen molar-refractivity contribution in [3.63, 3.8) is 0 Å². The molecule has 0 bridgehead atoms. The predicted molar refractivity (Wildman–Crippen MR) is 66.8 cm³/mol. The molecule has 0 amide bonds. The molecule has 1 aromatic carbocycles. The number of nitrogens with zero attached hydrogens (tertiary/aromatic N) is 1. The summed E-state index contributed by atoms with van der Waals surface area (Å²) in [7, 11) is 0. The molecule has 2 rings (SSSR count). The summed E-state index contributed by atoms with van der Waals surface area (Å²) in [6, 6.07) is 9.49. The average molecular weight is 287 g/mol. The van der Waals surface area contributed by atoms with Gasteiger partial charge in [-0.1, -0.05) is 30.3 Å². The molecule has 2 nitrogen and oxygen atoms in total. The highest BCUT2D eigenvalue weighted by Crippen LogP contribution is 2.35. The molecule has 0 spiro atoms. The van der Waals surface area contributed by atoms with Crippen LogP contribution in [0.15, 0.2) is 36.5 Å². The Balaban J connectivity index is 1.97. The summed E-state index contributed by atoms with van der Waals surface area (Å²) in [4.78, 5) is 3.55. The molecule has 0 saturated carbocycles. The Kier molecular flexibility index (Phi) is 4.21. The number of aryl methyl sites for hydroxylation is 1. The van der Waals surface area contributed by atoms with Gasteiger partial charge in [-0.25, -0.2) is 4.98 Å². The van der Waals surface area contributed by atoms with Crippen molar-refractivity contribution in [1.82, 2.24) is 4.98 Å². The van der Waals surface area contributed by atoms with Gasteiger partial charge in [-0.05, 0) is 18.4 Å². The maximum atomic E-state index is 12.4. The minimum atomic E-state index is -4.44. The number of thiazole rings is 1. The van der Waals surface area contributed by atoms with Gasteiger partial charge in [0.15, 0.2) is 5.01 Å². The molecule has 1 atom stereocenters. The van der Waals surface area contributed by atoms with Crippen molar-refractivity contribution in [3.8, 4) is 0 Å². The minimum absolute atomic E-state index is 0.253. The van der Waals surface area contributed by atoms with E-state index in [1.165, 1.54) is 0 Å². The van der Waals surface area contributed by atoms with E-state index in [9.17, 15) is 18.3 Å². The van der Waals surface area contributed by atoms with Gasteiger partial charge in [0, 0.05) is 6.20 Å². The lowest BCUT2D eigenvalue weighted by molar-refractivity contribution is -0.137. The Labute approximate surface area is 112 Å². The molecule has 2 aromatic rings. The molecular weight excluding hydrogens is 275 g/mol. The molecule has 0 saturated heterocycles. The number of aliphatic hydroxyl groups is 1. The maximum absolute atomic E-state index is 12.4. The number of hydrogen-bond acceptors (Lipinski definition) is 3. The lowest BCUT2D eigenvalue weighted by Crippen LogP contribution is -2.03. The van der Waals surface area contributed by atoms with Crippen molar-refractivity contribution in [2.24, 2.45) is 0 Å². The van der Waals surface area contributed by atoms with Crippen LogP contribution in [-0.4, -0.2) is 10.1 Å². The van der Waals surface area contributed by atoms with Gasteiger partial charge in [0.2, 0.25) is 0 Å². The normalized spacial score (nSPS) is 13.5. The second-order valence-corrected chi connectivity index (χ2v) is 5.17. The summed E-state index contributed by atoms with van der Waals surface area (Å²) in [6.45, 7) is 0. The largest absolute Gasteiger partial charge is 0.443 e. The van der Waals surface area contributed by atoms with E-state index in [-0.39, 0.29) is 4.88 Å². The van der Waals surface area contributed by atoms with E-state index in [0.29, 0.717) is 24.2 Å². The van der Waals surface area contributed by atoms with Crippen LogP contribution >= 0.6 is 11.3 Å². The molecule has 1 unspecified atom stereocenters. The molecule has 1 heterocycles. The molecule has 102 valence electrons. The maximum Gasteiger partial charge on any atom is 0.443 e. The van der Waals surface area contributed by atoms with Crippen LogP contribution in [0.25, 0.3) is 0 Å². The van der Waals surface area contributed by atoms with E-state index in [4.69, 9.17) is 0 Å². The standard InChI is InChI=1S/C13H12F3NOS/c14-13(15,16)12-17-8-11(19-12)10(18)7-6-9-4-2-1-3-5-9/h1-5,8,10,18H,6-7H2. The number of aliphatic hydroxyl groups excluding tert-OH is 1. The summed E-state index contributed by atoms with van der Waals surface area (Å²) < 4.78 is 37.1. The molecule has 0 aliphatic heterocycles. The predicted octanol–water partition coefficient (Wildman–Crippen LogP) is 3.83. The van der Waals surface area contributed by atoms with Crippen molar-refractivity contribution in [3.05, 3.63) is 52.0 Å². The first-order valence-corrected chi connectivity index (χ1v) is 6.53. The number of halogens is 3. The fraction of sp³-hybridized carbons (Fsp3) is 0.308. The molecule has 1 aromatic heterocycles.